The van der Waals surface area contributed by atoms with Gasteiger partial charge in [-0.05, 0) is 28.2 Å². The van der Waals surface area contributed by atoms with Gasteiger partial charge in [0.25, 0.3) is 0 Å². The summed E-state index contributed by atoms with van der Waals surface area (Å²) in [6, 6.07) is 0. The van der Waals surface area contributed by atoms with Gasteiger partial charge in [0.15, 0.2) is 0 Å². The predicted octanol–water partition coefficient (Wildman–Crippen LogP) is 0.438. The Bertz CT molecular complexity index is 195. The van der Waals surface area contributed by atoms with Crippen LogP contribution in [0.2, 0.25) is 0 Å². The highest BCUT2D eigenvalue weighted by molar-refractivity contribution is 6.21. The van der Waals surface area contributed by atoms with Crippen LogP contribution in [0.1, 0.15) is 0 Å². The topological polar surface area (TPSA) is 13.0 Å². The van der Waals surface area contributed by atoms with Crippen LogP contribution in [0.15, 0.2) is 0 Å². The standard InChI is InChI=1S/C8H16Cl2N4/c1-11-5-6(13(3)7(11)9)14(4)8(10)12(5)2/h5-8H,1-4H3. The van der Waals surface area contributed by atoms with Crippen LogP contribution < -0.4 is 0 Å². The summed E-state index contributed by atoms with van der Waals surface area (Å²) in [7, 11) is 8.10. The molecule has 0 saturated carbocycles. The highest BCUT2D eigenvalue weighted by Gasteiger charge is 2.54. The van der Waals surface area contributed by atoms with E-state index in [0.717, 1.165) is 0 Å². The molecule has 6 heteroatoms. The van der Waals surface area contributed by atoms with E-state index >= 15 is 0 Å². The molecule has 0 bridgehead atoms. The number of halogens is 2. The summed E-state index contributed by atoms with van der Waals surface area (Å²) in [5, 5.41) is 0. The van der Waals surface area contributed by atoms with E-state index in [1.165, 1.54) is 0 Å². The lowest BCUT2D eigenvalue weighted by atomic mass is 10.4. The molecule has 0 spiro atoms. The summed E-state index contributed by atoms with van der Waals surface area (Å²) in [4.78, 5) is 8.52. The molecule has 0 aromatic carbocycles. The van der Waals surface area contributed by atoms with Gasteiger partial charge in [0.05, 0.1) is 12.3 Å². The number of hydrogen-bond donors (Lipinski definition) is 0. The highest BCUT2D eigenvalue weighted by Crippen LogP contribution is 2.37. The monoisotopic (exact) mass is 238 g/mol. The molecule has 2 heterocycles. The summed E-state index contributed by atoms with van der Waals surface area (Å²) >= 11 is 12.5. The van der Waals surface area contributed by atoms with Gasteiger partial charge in [0.1, 0.15) is 11.2 Å². The quantitative estimate of drug-likeness (QED) is 0.449. The Hall–Kier alpha value is 0.420. The number of nitrogens with zero attached hydrogens (tertiary/aromatic N) is 4. The molecule has 0 radical (unpaired) electrons. The number of rotatable bonds is 0. The van der Waals surface area contributed by atoms with Crippen molar-refractivity contribution in [1.82, 2.24) is 19.6 Å². The first-order chi connectivity index (χ1) is 6.46. The van der Waals surface area contributed by atoms with Crippen molar-refractivity contribution >= 4 is 23.2 Å². The Balaban J connectivity index is 2.29. The molecule has 0 atom stereocenters. The zero-order chi connectivity index (χ0) is 10.6. The molecule has 2 rings (SSSR count). The van der Waals surface area contributed by atoms with Crippen molar-refractivity contribution in [2.24, 2.45) is 0 Å². The molecule has 14 heavy (non-hydrogen) atoms. The third-order valence-electron chi connectivity index (χ3n) is 3.28. The van der Waals surface area contributed by atoms with Crippen molar-refractivity contribution in [3.63, 3.8) is 0 Å². The molecule has 0 unspecified atom stereocenters. The first-order valence-corrected chi connectivity index (χ1v) is 5.50. The maximum absolute atomic E-state index is 6.25. The van der Waals surface area contributed by atoms with E-state index < -0.39 is 0 Å². The summed E-state index contributed by atoms with van der Waals surface area (Å²) in [6.07, 6.45) is 0.546. The Labute approximate surface area is 94.9 Å². The van der Waals surface area contributed by atoms with E-state index in [1.807, 2.05) is 28.2 Å². The SMILES string of the molecule is CN1C(Cl)N(C)C2C1N(C)C(Cl)N2C. The molecule has 2 saturated heterocycles. The van der Waals surface area contributed by atoms with E-state index in [1.54, 1.807) is 0 Å². The average Bonchev–Trinajstić information content (AvgIpc) is 2.51. The highest BCUT2D eigenvalue weighted by atomic mass is 35.5. The van der Waals surface area contributed by atoms with Gasteiger partial charge in [-0.2, -0.15) is 0 Å². The van der Waals surface area contributed by atoms with E-state index in [-0.39, 0.29) is 23.6 Å². The van der Waals surface area contributed by atoms with Crippen molar-refractivity contribution in [2.45, 2.75) is 23.6 Å². The number of likely N-dealkylation sites (N-methyl/N-ethyl adjacent to an activating group) is 4. The Morgan fingerprint density at radius 1 is 0.643 bits per heavy atom. The molecule has 4 nitrogen and oxygen atoms in total. The second-order valence-electron chi connectivity index (χ2n) is 4.11. The van der Waals surface area contributed by atoms with Gasteiger partial charge in [-0.25, -0.2) is 0 Å². The lowest BCUT2D eigenvalue weighted by molar-refractivity contribution is 0.0995. The molecule has 0 aromatic heterocycles. The molecule has 0 N–H and O–H groups in total. The van der Waals surface area contributed by atoms with Gasteiger partial charge < -0.3 is 0 Å². The fraction of sp³-hybridized carbons (Fsp3) is 1.00. The van der Waals surface area contributed by atoms with Crippen LogP contribution in [0.4, 0.5) is 0 Å². The van der Waals surface area contributed by atoms with E-state index in [4.69, 9.17) is 23.2 Å². The Morgan fingerprint density at radius 2 is 0.857 bits per heavy atom. The maximum Gasteiger partial charge on any atom is 0.142 e. The maximum atomic E-state index is 6.25. The third-order valence-corrected chi connectivity index (χ3v) is 4.51. The van der Waals surface area contributed by atoms with Crippen LogP contribution in [0.25, 0.3) is 0 Å². The van der Waals surface area contributed by atoms with Gasteiger partial charge in [0, 0.05) is 0 Å². The Morgan fingerprint density at radius 3 is 1.07 bits per heavy atom. The smallest absolute Gasteiger partial charge is 0.142 e. The molecule has 0 aromatic rings. The van der Waals surface area contributed by atoms with E-state index in [0.29, 0.717) is 0 Å². The summed E-state index contributed by atoms with van der Waals surface area (Å²) < 4.78 is 0. The minimum Gasteiger partial charge on any atom is -0.260 e. The first-order valence-electron chi connectivity index (χ1n) is 4.62. The van der Waals surface area contributed by atoms with Crippen molar-refractivity contribution in [2.75, 3.05) is 28.2 Å². The molecule has 2 aliphatic heterocycles. The van der Waals surface area contributed by atoms with E-state index in [9.17, 15) is 0 Å². The lowest BCUT2D eigenvalue weighted by Gasteiger charge is -2.29. The molecule has 0 amide bonds. The van der Waals surface area contributed by atoms with Crippen molar-refractivity contribution in [3.8, 4) is 0 Å². The molecule has 82 valence electrons. The van der Waals surface area contributed by atoms with Crippen LogP contribution in [0.3, 0.4) is 0 Å². The number of alkyl halides is 2. The molecular formula is C8H16Cl2N4. The summed E-state index contributed by atoms with van der Waals surface area (Å²) in [5.41, 5.74) is -0.113. The van der Waals surface area contributed by atoms with Gasteiger partial charge in [-0.15, -0.1) is 0 Å². The normalized spacial score (nSPS) is 47.6. The van der Waals surface area contributed by atoms with Gasteiger partial charge in [-0.3, -0.25) is 19.6 Å². The molecule has 2 aliphatic rings. The van der Waals surface area contributed by atoms with Crippen LogP contribution in [-0.4, -0.2) is 71.4 Å². The fourth-order valence-electron chi connectivity index (χ4n) is 2.49. The molecule has 0 aliphatic carbocycles. The summed E-state index contributed by atoms with van der Waals surface area (Å²) in [5.74, 6) is 0. The van der Waals surface area contributed by atoms with Crippen LogP contribution in [-0.2, 0) is 0 Å². The van der Waals surface area contributed by atoms with Crippen LogP contribution >= 0.6 is 23.2 Å². The zero-order valence-corrected chi connectivity index (χ0v) is 10.4. The zero-order valence-electron chi connectivity index (χ0n) is 8.85. The first kappa shape index (κ1) is 10.9. The number of fused-ring (bicyclic) bond motifs is 1. The second-order valence-corrected chi connectivity index (χ2v) is 4.89. The lowest BCUT2D eigenvalue weighted by Crippen LogP contribution is -2.43. The van der Waals surface area contributed by atoms with Gasteiger partial charge in [0.2, 0.25) is 0 Å². The fourth-order valence-corrected chi connectivity index (χ4v) is 2.96. The largest absolute Gasteiger partial charge is 0.260 e. The average molecular weight is 239 g/mol. The third kappa shape index (κ3) is 1.22. The summed E-state index contributed by atoms with van der Waals surface area (Å²) in [6.45, 7) is 0. The van der Waals surface area contributed by atoms with Gasteiger partial charge in [-0.1, -0.05) is 23.2 Å². The van der Waals surface area contributed by atoms with Crippen molar-refractivity contribution in [1.29, 1.82) is 0 Å². The minimum absolute atomic E-state index is 0.0564. The van der Waals surface area contributed by atoms with Crippen LogP contribution in [0, 0.1) is 0 Å². The van der Waals surface area contributed by atoms with Crippen molar-refractivity contribution in [3.05, 3.63) is 0 Å². The number of hydrogen-bond acceptors (Lipinski definition) is 4. The van der Waals surface area contributed by atoms with Crippen LogP contribution in [0.5, 0.6) is 0 Å². The van der Waals surface area contributed by atoms with E-state index in [2.05, 4.69) is 19.6 Å². The van der Waals surface area contributed by atoms with Gasteiger partial charge >= 0.3 is 0 Å². The molecular weight excluding hydrogens is 223 g/mol. The minimum atomic E-state index is -0.0564. The molecule has 2 fully saturated rings. The second kappa shape index (κ2) is 3.47. The Kier molecular flexibility index (Phi) is 2.71. The predicted molar refractivity (Wildman–Crippen MR) is 57.9 cm³/mol. The van der Waals surface area contributed by atoms with Crippen molar-refractivity contribution < 1.29 is 0 Å².